The maximum atomic E-state index is 2.47. The highest BCUT2D eigenvalue weighted by atomic mass is 32.1. The molecule has 0 amide bonds. The number of hydrogen-bond donors (Lipinski definition) is 0. The van der Waals surface area contributed by atoms with Gasteiger partial charge in [-0.25, -0.2) is 0 Å². The Morgan fingerprint density at radius 3 is 1.71 bits per heavy atom. The van der Waals surface area contributed by atoms with Crippen LogP contribution in [0.1, 0.15) is 88.9 Å². The maximum absolute atomic E-state index is 2.47. The van der Waals surface area contributed by atoms with Gasteiger partial charge in [-0.05, 0) is 97.7 Å². The van der Waals surface area contributed by atoms with Gasteiger partial charge in [0.05, 0.1) is 0 Å². The number of aryl methyl sites for hydroxylation is 1. The molecule has 0 aliphatic heterocycles. The van der Waals surface area contributed by atoms with E-state index in [4.69, 9.17) is 0 Å². The van der Waals surface area contributed by atoms with Crippen molar-refractivity contribution in [1.82, 2.24) is 0 Å². The minimum absolute atomic E-state index is 1.23. The molecule has 0 unspecified atom stereocenters. The van der Waals surface area contributed by atoms with E-state index in [1.54, 1.807) is 4.88 Å². The Balaban J connectivity index is 1.09. The van der Waals surface area contributed by atoms with E-state index in [9.17, 15) is 0 Å². The van der Waals surface area contributed by atoms with E-state index in [0.717, 1.165) is 0 Å². The smallest absolute Gasteiger partial charge is 0.0352 e. The number of fused-ring (bicyclic) bond motifs is 7. The average Bonchev–Trinajstić information content (AvgIpc) is 3.56. The zero-order valence-electron chi connectivity index (χ0n) is 22.9. The molecule has 0 atom stereocenters. The predicted molar refractivity (Wildman–Crippen MR) is 175 cm³/mol. The summed E-state index contributed by atoms with van der Waals surface area (Å²) in [5.74, 6) is 0. The first kappa shape index (κ1) is 25.8. The SMILES string of the molecule is CCCCCCCCCCCCCCc1cc2cc3c(ccc4c5cc6ccsc6cc5ccc34)cc2s1. The monoisotopic (exact) mass is 536 g/mol. The number of thiophene rings is 2. The normalized spacial score (nSPS) is 12.1. The van der Waals surface area contributed by atoms with Crippen molar-refractivity contribution in [2.45, 2.75) is 90.4 Å². The average molecular weight is 537 g/mol. The molecule has 6 aromatic rings. The largest absolute Gasteiger partial charge is 0.144 e. The van der Waals surface area contributed by atoms with Crippen molar-refractivity contribution in [2.75, 3.05) is 0 Å². The molecule has 38 heavy (non-hydrogen) atoms. The summed E-state index contributed by atoms with van der Waals surface area (Å²) in [7, 11) is 0. The zero-order chi connectivity index (χ0) is 25.7. The van der Waals surface area contributed by atoms with Crippen LogP contribution in [-0.2, 0) is 6.42 Å². The van der Waals surface area contributed by atoms with Crippen LogP contribution in [0.25, 0.3) is 52.5 Å². The van der Waals surface area contributed by atoms with Crippen LogP contribution >= 0.6 is 22.7 Å². The molecule has 6 rings (SSSR count). The van der Waals surface area contributed by atoms with E-state index >= 15 is 0 Å². The number of rotatable bonds is 13. The second-order valence-corrected chi connectivity index (χ2v) is 13.3. The highest BCUT2D eigenvalue weighted by molar-refractivity contribution is 7.19. The standard InChI is InChI=1S/C36H40S2/c1-2-3-4-5-6-7-8-9-10-11-12-13-14-30-21-29-23-34-27(25-36(29)38-30)16-18-31-32(34)17-15-26-24-35-28(19-20-37-35)22-33(26)31/h15-25H,2-14H2,1H3. The molecule has 0 bridgehead atoms. The van der Waals surface area contributed by atoms with Crippen LogP contribution in [0.3, 0.4) is 0 Å². The second-order valence-electron chi connectivity index (χ2n) is 11.2. The summed E-state index contributed by atoms with van der Waals surface area (Å²) in [5, 5.41) is 13.2. The van der Waals surface area contributed by atoms with Crippen LogP contribution < -0.4 is 0 Å². The lowest BCUT2D eigenvalue weighted by Crippen LogP contribution is -1.84. The molecule has 2 heteroatoms. The fourth-order valence-corrected chi connectivity index (χ4v) is 8.14. The van der Waals surface area contributed by atoms with Gasteiger partial charge in [-0.15, -0.1) is 22.7 Å². The minimum Gasteiger partial charge on any atom is -0.144 e. The van der Waals surface area contributed by atoms with Crippen LogP contribution in [0, 0.1) is 0 Å². The lowest BCUT2D eigenvalue weighted by Gasteiger charge is -2.08. The van der Waals surface area contributed by atoms with Gasteiger partial charge in [0, 0.05) is 14.3 Å². The summed E-state index contributed by atoms with van der Waals surface area (Å²) in [6.45, 7) is 2.30. The van der Waals surface area contributed by atoms with Gasteiger partial charge in [0.1, 0.15) is 0 Å². The molecule has 4 aromatic carbocycles. The van der Waals surface area contributed by atoms with Gasteiger partial charge in [0.15, 0.2) is 0 Å². The molecular weight excluding hydrogens is 497 g/mol. The lowest BCUT2D eigenvalue weighted by atomic mass is 9.96. The molecule has 196 valence electrons. The lowest BCUT2D eigenvalue weighted by molar-refractivity contribution is 0.544. The molecule has 2 aromatic heterocycles. The van der Waals surface area contributed by atoms with Crippen LogP contribution in [0.5, 0.6) is 0 Å². The summed E-state index contributed by atoms with van der Waals surface area (Å²) in [6, 6.07) is 23.6. The van der Waals surface area contributed by atoms with Crippen molar-refractivity contribution in [3.63, 3.8) is 0 Å². The Labute approximate surface area is 235 Å². The van der Waals surface area contributed by atoms with Gasteiger partial charge < -0.3 is 0 Å². The van der Waals surface area contributed by atoms with Gasteiger partial charge in [-0.2, -0.15) is 0 Å². The van der Waals surface area contributed by atoms with Crippen molar-refractivity contribution < 1.29 is 0 Å². The van der Waals surface area contributed by atoms with Gasteiger partial charge in [-0.3, -0.25) is 0 Å². The van der Waals surface area contributed by atoms with E-state index in [0.29, 0.717) is 0 Å². The Bertz CT molecular complexity index is 1670. The number of hydrogen-bond acceptors (Lipinski definition) is 2. The zero-order valence-corrected chi connectivity index (χ0v) is 24.5. The van der Waals surface area contributed by atoms with Crippen molar-refractivity contribution in [2.24, 2.45) is 0 Å². The Hall–Kier alpha value is -2.42. The van der Waals surface area contributed by atoms with Crippen molar-refractivity contribution in [3.05, 3.63) is 70.9 Å². The van der Waals surface area contributed by atoms with Crippen LogP contribution in [0.15, 0.2) is 66.0 Å². The third kappa shape index (κ3) is 5.63. The summed E-state index contributed by atoms with van der Waals surface area (Å²) >= 11 is 3.84. The van der Waals surface area contributed by atoms with E-state index in [1.807, 2.05) is 22.7 Å². The molecule has 0 nitrogen and oxygen atoms in total. The van der Waals surface area contributed by atoms with Crippen LogP contribution in [-0.4, -0.2) is 0 Å². The predicted octanol–water partition coefficient (Wildman–Crippen LogP) is 12.8. The van der Waals surface area contributed by atoms with E-state index < -0.39 is 0 Å². The Kier molecular flexibility index (Phi) is 8.28. The summed E-state index contributed by atoms with van der Waals surface area (Å²) in [5.41, 5.74) is 0. The maximum Gasteiger partial charge on any atom is 0.0352 e. The van der Waals surface area contributed by atoms with E-state index in [2.05, 4.69) is 73.0 Å². The molecule has 0 spiro atoms. The first-order valence-corrected chi connectivity index (χ1v) is 16.7. The van der Waals surface area contributed by atoms with Gasteiger partial charge >= 0.3 is 0 Å². The number of benzene rings is 4. The third-order valence-corrected chi connectivity index (χ3v) is 10.4. The summed E-state index contributed by atoms with van der Waals surface area (Å²) < 4.78 is 2.81. The summed E-state index contributed by atoms with van der Waals surface area (Å²) in [4.78, 5) is 1.55. The van der Waals surface area contributed by atoms with Crippen molar-refractivity contribution >= 4 is 75.2 Å². The van der Waals surface area contributed by atoms with Gasteiger partial charge in [-0.1, -0.05) is 102 Å². The van der Waals surface area contributed by atoms with Crippen molar-refractivity contribution in [1.29, 1.82) is 0 Å². The first-order valence-electron chi connectivity index (χ1n) is 15.0. The fraction of sp³-hybridized carbons (Fsp3) is 0.389. The van der Waals surface area contributed by atoms with Gasteiger partial charge in [0.25, 0.3) is 0 Å². The highest BCUT2D eigenvalue weighted by Crippen LogP contribution is 2.38. The summed E-state index contributed by atoms with van der Waals surface area (Å²) in [6.07, 6.45) is 18.2. The van der Waals surface area contributed by atoms with Crippen molar-refractivity contribution in [3.8, 4) is 0 Å². The molecule has 0 fully saturated rings. The number of unbranched alkanes of at least 4 members (excludes halogenated alkanes) is 11. The first-order chi connectivity index (χ1) is 18.8. The molecular formula is C36H40S2. The molecule has 0 saturated heterocycles. The fourth-order valence-electron chi connectivity index (χ4n) is 6.18. The highest BCUT2D eigenvalue weighted by Gasteiger charge is 2.10. The Morgan fingerprint density at radius 2 is 1.05 bits per heavy atom. The molecule has 0 N–H and O–H groups in total. The third-order valence-electron chi connectivity index (χ3n) is 8.37. The molecule has 2 heterocycles. The quantitative estimate of drug-likeness (QED) is 0.102. The molecule has 0 aliphatic rings. The second kappa shape index (κ2) is 12.2. The molecule has 0 aliphatic carbocycles. The van der Waals surface area contributed by atoms with E-state index in [1.165, 1.54) is 136 Å². The Morgan fingerprint density at radius 1 is 0.474 bits per heavy atom. The molecule has 0 saturated carbocycles. The van der Waals surface area contributed by atoms with Gasteiger partial charge in [0.2, 0.25) is 0 Å². The van der Waals surface area contributed by atoms with Crippen LogP contribution in [0.2, 0.25) is 0 Å². The topological polar surface area (TPSA) is 0 Å². The van der Waals surface area contributed by atoms with E-state index in [-0.39, 0.29) is 0 Å². The van der Waals surface area contributed by atoms with Crippen LogP contribution in [0.4, 0.5) is 0 Å². The molecule has 0 radical (unpaired) electrons. The minimum atomic E-state index is 1.23.